The number of anilines is 3. The highest BCUT2D eigenvalue weighted by Gasteiger charge is 2.40. The second-order valence-electron chi connectivity index (χ2n) is 7.21. The zero-order valence-electron chi connectivity index (χ0n) is 16.1. The highest BCUT2D eigenvalue weighted by Crippen LogP contribution is 2.40. The predicted molar refractivity (Wildman–Crippen MR) is 111 cm³/mol. The summed E-state index contributed by atoms with van der Waals surface area (Å²) < 4.78 is 0. The number of rotatable bonds is 3. The predicted octanol–water partition coefficient (Wildman–Crippen LogP) is 3.13. The number of urea groups is 1. The number of hydrogen-bond donors (Lipinski definition) is 1. The van der Waals surface area contributed by atoms with E-state index in [0.29, 0.717) is 11.6 Å². The fourth-order valence-electron chi connectivity index (χ4n) is 4.00. The Balaban J connectivity index is 1.54. The highest BCUT2D eigenvalue weighted by molar-refractivity contribution is 6.04. The molecule has 0 aliphatic carbocycles. The number of nitrogens with one attached hydrogen (secondary N) is 1. The van der Waals surface area contributed by atoms with Crippen LogP contribution in [-0.2, 0) is 6.42 Å². The number of amides is 2. The third kappa shape index (κ3) is 3.16. The van der Waals surface area contributed by atoms with E-state index in [1.165, 1.54) is 6.20 Å². The van der Waals surface area contributed by atoms with E-state index < -0.39 is 0 Å². The van der Waals surface area contributed by atoms with Crippen molar-refractivity contribution < 1.29 is 4.79 Å². The van der Waals surface area contributed by atoms with Crippen LogP contribution in [0.5, 0.6) is 0 Å². The molecular formula is C21H21N7O. The van der Waals surface area contributed by atoms with Crippen molar-refractivity contribution >= 4 is 23.4 Å². The smallest absolute Gasteiger partial charge is 0.329 e. The van der Waals surface area contributed by atoms with Crippen molar-refractivity contribution in [1.29, 1.82) is 0 Å². The summed E-state index contributed by atoms with van der Waals surface area (Å²) in [4.78, 5) is 34.7. The van der Waals surface area contributed by atoms with Crippen molar-refractivity contribution in [3.63, 3.8) is 0 Å². The van der Waals surface area contributed by atoms with Crippen LogP contribution in [0.25, 0.3) is 11.3 Å². The molecule has 1 saturated heterocycles. The van der Waals surface area contributed by atoms with Crippen LogP contribution in [0.15, 0.2) is 49.1 Å². The molecule has 0 spiro atoms. The largest absolute Gasteiger partial charge is 0.366 e. The van der Waals surface area contributed by atoms with Gasteiger partial charge in [-0.15, -0.1) is 0 Å². The quantitative estimate of drug-likeness (QED) is 0.743. The summed E-state index contributed by atoms with van der Waals surface area (Å²) in [7, 11) is 0. The Morgan fingerprint density at radius 2 is 2.14 bits per heavy atom. The highest BCUT2D eigenvalue weighted by atomic mass is 16.2. The molecule has 2 aliphatic rings. The molecule has 5 rings (SSSR count). The van der Waals surface area contributed by atoms with Crippen LogP contribution in [0, 0.1) is 0 Å². The minimum Gasteiger partial charge on any atom is -0.366 e. The lowest BCUT2D eigenvalue weighted by atomic mass is 10.1. The van der Waals surface area contributed by atoms with Crippen LogP contribution in [0.1, 0.15) is 19.0 Å². The summed E-state index contributed by atoms with van der Waals surface area (Å²) in [5.74, 6) is 1.12. The van der Waals surface area contributed by atoms with E-state index in [9.17, 15) is 4.79 Å². The van der Waals surface area contributed by atoms with Crippen molar-refractivity contribution in [2.45, 2.75) is 25.8 Å². The lowest BCUT2D eigenvalue weighted by Gasteiger charge is -2.35. The zero-order valence-corrected chi connectivity index (χ0v) is 16.1. The van der Waals surface area contributed by atoms with E-state index >= 15 is 0 Å². The number of carbonyl (C=O) groups is 1. The molecule has 1 N–H and O–H groups in total. The van der Waals surface area contributed by atoms with Gasteiger partial charge in [-0.25, -0.2) is 14.8 Å². The number of fused-ring (bicyclic) bond motifs is 4. The summed E-state index contributed by atoms with van der Waals surface area (Å²) in [6, 6.07) is 7.95. The molecule has 8 nitrogen and oxygen atoms in total. The molecule has 146 valence electrons. The Morgan fingerprint density at radius 3 is 2.97 bits per heavy atom. The number of aromatic nitrogens is 4. The lowest BCUT2D eigenvalue weighted by Crippen LogP contribution is -2.48. The number of pyridine rings is 2. The molecule has 29 heavy (non-hydrogen) atoms. The third-order valence-electron chi connectivity index (χ3n) is 5.44. The molecule has 1 unspecified atom stereocenters. The molecule has 0 saturated carbocycles. The number of nitrogens with zero attached hydrogens (tertiary/aromatic N) is 6. The lowest BCUT2D eigenvalue weighted by molar-refractivity contribution is 0.254. The van der Waals surface area contributed by atoms with Crippen LogP contribution in [-0.4, -0.2) is 45.1 Å². The van der Waals surface area contributed by atoms with Crippen LogP contribution in [0.2, 0.25) is 0 Å². The van der Waals surface area contributed by atoms with Gasteiger partial charge in [-0.1, -0.05) is 6.92 Å². The second kappa shape index (κ2) is 7.12. The molecule has 0 aromatic carbocycles. The number of hydrogen-bond acceptors (Lipinski definition) is 6. The monoisotopic (exact) mass is 387 g/mol. The van der Waals surface area contributed by atoms with Gasteiger partial charge in [0.25, 0.3) is 0 Å². The van der Waals surface area contributed by atoms with Crippen LogP contribution in [0.3, 0.4) is 0 Å². The molecule has 3 aromatic heterocycles. The topological polar surface area (TPSA) is 87.1 Å². The van der Waals surface area contributed by atoms with Crippen LogP contribution in [0.4, 0.5) is 22.1 Å². The van der Waals surface area contributed by atoms with Crippen LogP contribution < -0.4 is 15.1 Å². The van der Waals surface area contributed by atoms with Crippen LogP contribution >= 0.6 is 0 Å². The van der Waals surface area contributed by atoms with Gasteiger partial charge in [0.2, 0.25) is 0 Å². The second-order valence-corrected chi connectivity index (χ2v) is 7.21. The van der Waals surface area contributed by atoms with Crippen molar-refractivity contribution in [2.24, 2.45) is 0 Å². The maximum absolute atomic E-state index is 13.1. The van der Waals surface area contributed by atoms with Gasteiger partial charge in [0.1, 0.15) is 0 Å². The SMILES string of the molecule is CCc1cc(-c2ccc3c(n2)N(C(=O)Nc2cnccn2)C2CCN3C2)ccn1. The van der Waals surface area contributed by atoms with E-state index in [1.807, 2.05) is 12.1 Å². The van der Waals surface area contributed by atoms with Gasteiger partial charge in [-0.3, -0.25) is 20.2 Å². The minimum atomic E-state index is -0.230. The van der Waals surface area contributed by atoms with Gasteiger partial charge in [0.15, 0.2) is 11.6 Å². The van der Waals surface area contributed by atoms with E-state index in [1.54, 1.807) is 23.5 Å². The molecule has 2 aliphatic heterocycles. The first-order valence-electron chi connectivity index (χ1n) is 9.80. The van der Waals surface area contributed by atoms with E-state index in [0.717, 1.165) is 48.6 Å². The Kier molecular flexibility index (Phi) is 4.31. The molecule has 3 aromatic rings. The molecule has 8 heteroatoms. The first kappa shape index (κ1) is 17.5. The van der Waals surface area contributed by atoms with E-state index in [-0.39, 0.29) is 12.1 Å². The average molecular weight is 387 g/mol. The number of carbonyl (C=O) groups excluding carboxylic acids is 1. The van der Waals surface area contributed by atoms with Crippen molar-refractivity contribution in [1.82, 2.24) is 19.9 Å². The van der Waals surface area contributed by atoms with Crippen molar-refractivity contribution in [2.75, 3.05) is 28.2 Å². The summed E-state index contributed by atoms with van der Waals surface area (Å²) >= 11 is 0. The van der Waals surface area contributed by atoms with Gasteiger partial charge >= 0.3 is 6.03 Å². The fourth-order valence-corrected chi connectivity index (χ4v) is 4.00. The molecule has 5 heterocycles. The molecule has 2 bridgehead atoms. The summed E-state index contributed by atoms with van der Waals surface area (Å²) in [6.45, 7) is 3.82. The molecular weight excluding hydrogens is 366 g/mol. The first-order valence-corrected chi connectivity index (χ1v) is 9.80. The fraction of sp³-hybridized carbons (Fsp3) is 0.286. The molecule has 2 amide bonds. The minimum absolute atomic E-state index is 0.0885. The molecule has 1 atom stereocenters. The van der Waals surface area contributed by atoms with E-state index in [2.05, 4.69) is 44.2 Å². The van der Waals surface area contributed by atoms with Gasteiger partial charge in [-0.05, 0) is 37.1 Å². The maximum Gasteiger partial charge on any atom is 0.329 e. The van der Waals surface area contributed by atoms with Crippen molar-refractivity contribution in [3.05, 3.63) is 54.7 Å². The van der Waals surface area contributed by atoms with Gasteiger partial charge in [0, 0.05) is 42.9 Å². The average Bonchev–Trinajstić information content (AvgIpc) is 3.18. The Bertz CT molecular complexity index is 1060. The Morgan fingerprint density at radius 1 is 1.21 bits per heavy atom. The Labute approximate surface area is 168 Å². The third-order valence-corrected chi connectivity index (χ3v) is 5.44. The van der Waals surface area contributed by atoms with Gasteiger partial charge < -0.3 is 4.90 Å². The zero-order chi connectivity index (χ0) is 19.8. The van der Waals surface area contributed by atoms with Gasteiger partial charge in [-0.2, -0.15) is 0 Å². The molecule has 1 fully saturated rings. The van der Waals surface area contributed by atoms with E-state index in [4.69, 9.17) is 4.98 Å². The summed E-state index contributed by atoms with van der Waals surface area (Å²) in [6.07, 6.45) is 8.25. The maximum atomic E-state index is 13.1. The Hall–Kier alpha value is -3.55. The van der Waals surface area contributed by atoms with Crippen molar-refractivity contribution in [3.8, 4) is 11.3 Å². The number of aryl methyl sites for hydroxylation is 1. The van der Waals surface area contributed by atoms with Gasteiger partial charge in [0.05, 0.1) is 23.6 Å². The summed E-state index contributed by atoms with van der Waals surface area (Å²) in [5.41, 5.74) is 3.84. The standard InChI is InChI=1S/C21H21N7O/c1-2-15-11-14(5-7-23-15)17-3-4-18-20(25-17)28(16-6-10-27(18)13-16)21(29)26-19-12-22-8-9-24-19/h3-5,7-9,11-12,16H,2,6,10,13H2,1H3,(H,24,26,29). The first-order chi connectivity index (χ1) is 14.2. The summed E-state index contributed by atoms with van der Waals surface area (Å²) in [5, 5.41) is 2.86. The molecule has 0 radical (unpaired) electrons. The normalized spacial score (nSPS) is 17.2.